The lowest BCUT2D eigenvalue weighted by atomic mass is 10.3. The van der Waals surface area contributed by atoms with Gasteiger partial charge in [0, 0.05) is 6.20 Å². The number of fused-ring (bicyclic) bond motifs is 1. The standard InChI is InChI=1S/C13H8N4OS/c1-3-10(18-7-1)9-5-6-14-13-15-12(16-17(9)13)11-4-2-8-19-11/h1-8H. The summed E-state index contributed by atoms with van der Waals surface area (Å²) in [6.45, 7) is 0. The molecule has 0 N–H and O–H groups in total. The van der Waals surface area contributed by atoms with E-state index in [1.807, 2.05) is 35.7 Å². The Balaban J connectivity index is 1.97. The van der Waals surface area contributed by atoms with Gasteiger partial charge in [0.15, 0.2) is 11.6 Å². The molecule has 0 aliphatic carbocycles. The summed E-state index contributed by atoms with van der Waals surface area (Å²) in [5.74, 6) is 1.99. The van der Waals surface area contributed by atoms with Gasteiger partial charge in [0.1, 0.15) is 5.69 Å². The van der Waals surface area contributed by atoms with E-state index in [0.717, 1.165) is 16.3 Å². The molecule has 0 aliphatic rings. The predicted octanol–water partition coefficient (Wildman–Crippen LogP) is 3.11. The van der Waals surface area contributed by atoms with Gasteiger partial charge in [-0.3, -0.25) is 0 Å². The van der Waals surface area contributed by atoms with Crippen LogP contribution in [0.1, 0.15) is 0 Å². The van der Waals surface area contributed by atoms with Crippen LogP contribution < -0.4 is 0 Å². The molecule has 6 heteroatoms. The lowest BCUT2D eigenvalue weighted by Gasteiger charge is -1.98. The van der Waals surface area contributed by atoms with E-state index < -0.39 is 0 Å². The number of aromatic nitrogens is 4. The minimum atomic E-state index is 0.567. The average molecular weight is 268 g/mol. The van der Waals surface area contributed by atoms with Crippen LogP contribution in [0, 0.1) is 0 Å². The largest absolute Gasteiger partial charge is 0.463 e. The van der Waals surface area contributed by atoms with Gasteiger partial charge in [0.05, 0.1) is 11.1 Å². The molecule has 0 radical (unpaired) electrons. The van der Waals surface area contributed by atoms with Gasteiger partial charge in [-0.25, -0.2) is 4.98 Å². The maximum absolute atomic E-state index is 5.41. The highest BCUT2D eigenvalue weighted by molar-refractivity contribution is 7.13. The first kappa shape index (κ1) is 10.5. The van der Waals surface area contributed by atoms with Crippen LogP contribution in [0.3, 0.4) is 0 Å². The molecule has 0 saturated carbocycles. The number of furan rings is 1. The van der Waals surface area contributed by atoms with Crippen LogP contribution in [-0.4, -0.2) is 19.6 Å². The first-order chi connectivity index (χ1) is 9.42. The van der Waals surface area contributed by atoms with Crippen molar-refractivity contribution in [2.45, 2.75) is 0 Å². The summed E-state index contributed by atoms with van der Waals surface area (Å²) in [5, 5.41) is 6.51. The van der Waals surface area contributed by atoms with Crippen molar-refractivity contribution in [1.82, 2.24) is 19.6 Å². The fraction of sp³-hybridized carbons (Fsp3) is 0. The van der Waals surface area contributed by atoms with E-state index >= 15 is 0 Å². The summed E-state index contributed by atoms with van der Waals surface area (Å²) < 4.78 is 7.12. The molecule has 0 aliphatic heterocycles. The lowest BCUT2D eigenvalue weighted by molar-refractivity contribution is 0.577. The smallest absolute Gasteiger partial charge is 0.253 e. The summed E-state index contributed by atoms with van der Waals surface area (Å²) in [5.41, 5.74) is 0.838. The Morgan fingerprint density at radius 3 is 2.95 bits per heavy atom. The summed E-state index contributed by atoms with van der Waals surface area (Å²) in [4.78, 5) is 9.69. The molecule has 0 atom stereocenters. The lowest BCUT2D eigenvalue weighted by Crippen LogP contribution is -1.94. The number of thiophene rings is 1. The molecule has 4 aromatic heterocycles. The van der Waals surface area contributed by atoms with Crippen LogP contribution in [0.5, 0.6) is 0 Å². The Morgan fingerprint density at radius 1 is 1.16 bits per heavy atom. The van der Waals surface area contributed by atoms with E-state index in [1.54, 1.807) is 28.3 Å². The van der Waals surface area contributed by atoms with E-state index in [1.165, 1.54) is 0 Å². The Bertz CT molecular complexity index is 818. The van der Waals surface area contributed by atoms with Crippen molar-refractivity contribution in [3.05, 3.63) is 48.2 Å². The van der Waals surface area contributed by atoms with Crippen molar-refractivity contribution in [2.24, 2.45) is 0 Å². The molecular formula is C13H8N4OS. The summed E-state index contributed by atoms with van der Waals surface area (Å²) in [6, 6.07) is 9.57. The zero-order chi connectivity index (χ0) is 12.7. The Kier molecular flexibility index (Phi) is 2.22. The van der Waals surface area contributed by atoms with Crippen LogP contribution in [-0.2, 0) is 0 Å². The predicted molar refractivity (Wildman–Crippen MR) is 71.8 cm³/mol. The average Bonchev–Trinajstić information content (AvgIpc) is 3.18. The fourth-order valence-corrected chi connectivity index (χ4v) is 2.57. The molecule has 19 heavy (non-hydrogen) atoms. The van der Waals surface area contributed by atoms with E-state index in [-0.39, 0.29) is 0 Å². The topological polar surface area (TPSA) is 56.2 Å². The molecule has 5 nitrogen and oxygen atoms in total. The number of hydrogen-bond donors (Lipinski definition) is 0. The second-order valence-corrected chi connectivity index (χ2v) is 4.88. The molecule has 0 amide bonds. The van der Waals surface area contributed by atoms with Gasteiger partial charge in [0.2, 0.25) is 0 Å². The third-order valence-electron chi connectivity index (χ3n) is 2.76. The van der Waals surface area contributed by atoms with Crippen LogP contribution in [0.15, 0.2) is 52.6 Å². The Morgan fingerprint density at radius 2 is 2.16 bits per heavy atom. The van der Waals surface area contributed by atoms with Crippen LogP contribution in [0.2, 0.25) is 0 Å². The third-order valence-corrected chi connectivity index (χ3v) is 3.62. The van der Waals surface area contributed by atoms with Crippen molar-refractivity contribution >= 4 is 17.1 Å². The fourth-order valence-electron chi connectivity index (χ4n) is 1.92. The molecule has 0 fully saturated rings. The highest BCUT2D eigenvalue weighted by atomic mass is 32.1. The van der Waals surface area contributed by atoms with Crippen LogP contribution in [0.4, 0.5) is 0 Å². The zero-order valence-electron chi connectivity index (χ0n) is 9.72. The molecule has 4 heterocycles. The van der Waals surface area contributed by atoms with Crippen molar-refractivity contribution in [3.8, 4) is 22.2 Å². The quantitative estimate of drug-likeness (QED) is 0.560. The molecule has 0 aromatic carbocycles. The van der Waals surface area contributed by atoms with Crippen molar-refractivity contribution in [3.63, 3.8) is 0 Å². The Labute approximate surface area is 112 Å². The van der Waals surface area contributed by atoms with Gasteiger partial charge in [-0.15, -0.1) is 16.4 Å². The van der Waals surface area contributed by atoms with Gasteiger partial charge in [-0.1, -0.05) is 6.07 Å². The van der Waals surface area contributed by atoms with Crippen molar-refractivity contribution in [1.29, 1.82) is 0 Å². The second-order valence-electron chi connectivity index (χ2n) is 3.93. The van der Waals surface area contributed by atoms with Crippen molar-refractivity contribution < 1.29 is 4.42 Å². The first-order valence-corrected chi connectivity index (χ1v) is 6.59. The van der Waals surface area contributed by atoms with E-state index in [0.29, 0.717) is 11.6 Å². The monoisotopic (exact) mass is 268 g/mol. The maximum atomic E-state index is 5.41. The highest BCUT2D eigenvalue weighted by Gasteiger charge is 2.12. The number of nitrogens with zero attached hydrogens (tertiary/aromatic N) is 4. The van der Waals surface area contributed by atoms with E-state index in [4.69, 9.17) is 4.42 Å². The third kappa shape index (κ3) is 1.65. The van der Waals surface area contributed by atoms with Gasteiger partial charge < -0.3 is 4.42 Å². The molecule has 92 valence electrons. The van der Waals surface area contributed by atoms with Gasteiger partial charge in [-0.2, -0.15) is 9.50 Å². The van der Waals surface area contributed by atoms with Gasteiger partial charge in [0.25, 0.3) is 5.78 Å². The summed E-state index contributed by atoms with van der Waals surface area (Å²) in [7, 11) is 0. The minimum Gasteiger partial charge on any atom is -0.463 e. The second kappa shape index (κ2) is 4.03. The maximum Gasteiger partial charge on any atom is 0.253 e. The molecule has 4 aromatic rings. The molecule has 0 unspecified atom stereocenters. The molecule has 0 spiro atoms. The molecule has 0 bridgehead atoms. The van der Waals surface area contributed by atoms with Gasteiger partial charge >= 0.3 is 0 Å². The SMILES string of the molecule is c1coc(-c2ccnc3nc(-c4cccs4)nn23)c1. The van der Waals surface area contributed by atoms with Crippen LogP contribution >= 0.6 is 11.3 Å². The normalized spacial score (nSPS) is 11.2. The highest BCUT2D eigenvalue weighted by Crippen LogP contribution is 2.24. The van der Waals surface area contributed by atoms with Crippen LogP contribution in [0.25, 0.3) is 27.9 Å². The molecular weight excluding hydrogens is 260 g/mol. The van der Waals surface area contributed by atoms with E-state index in [9.17, 15) is 0 Å². The first-order valence-electron chi connectivity index (χ1n) is 5.71. The molecule has 0 saturated heterocycles. The minimum absolute atomic E-state index is 0.567. The van der Waals surface area contributed by atoms with E-state index in [2.05, 4.69) is 15.1 Å². The summed E-state index contributed by atoms with van der Waals surface area (Å²) >= 11 is 1.61. The Hall–Kier alpha value is -2.47. The number of rotatable bonds is 2. The summed E-state index contributed by atoms with van der Waals surface area (Å²) in [6.07, 6.45) is 3.35. The number of hydrogen-bond acceptors (Lipinski definition) is 5. The zero-order valence-corrected chi connectivity index (χ0v) is 10.5. The van der Waals surface area contributed by atoms with Gasteiger partial charge in [-0.05, 0) is 29.6 Å². The molecule has 4 rings (SSSR count). The van der Waals surface area contributed by atoms with Crippen molar-refractivity contribution in [2.75, 3.05) is 0 Å².